The first-order chi connectivity index (χ1) is 9.17. The van der Waals surface area contributed by atoms with Crippen LogP contribution < -0.4 is 0 Å². The second-order valence-corrected chi connectivity index (χ2v) is 5.71. The Kier molecular flexibility index (Phi) is 3.58. The van der Waals surface area contributed by atoms with Crippen LogP contribution in [0.4, 0.5) is 0 Å². The lowest BCUT2D eigenvalue weighted by Crippen LogP contribution is -2.50. The maximum Gasteiger partial charge on any atom is 0.0922 e. The topological polar surface area (TPSA) is 46.9 Å². The first kappa shape index (κ1) is 13.1. The van der Waals surface area contributed by atoms with Crippen LogP contribution in [0.1, 0.15) is 24.8 Å². The average Bonchev–Trinajstić information content (AvgIpc) is 2.87. The van der Waals surface area contributed by atoms with Crippen LogP contribution in [-0.4, -0.2) is 52.5 Å². The number of aliphatic hydroxyl groups is 2. The van der Waals surface area contributed by atoms with Crippen LogP contribution >= 0.6 is 0 Å². The van der Waals surface area contributed by atoms with Crippen molar-refractivity contribution in [1.82, 2.24) is 10.0 Å². The van der Waals surface area contributed by atoms with Gasteiger partial charge in [-0.15, -0.1) is 0 Å². The summed E-state index contributed by atoms with van der Waals surface area (Å²) in [6.45, 7) is 3.39. The van der Waals surface area contributed by atoms with E-state index in [0.29, 0.717) is 0 Å². The summed E-state index contributed by atoms with van der Waals surface area (Å²) in [5, 5.41) is 24.9. The van der Waals surface area contributed by atoms with Gasteiger partial charge in [0.2, 0.25) is 0 Å². The second kappa shape index (κ2) is 5.21. The maximum atomic E-state index is 10.8. The van der Waals surface area contributed by atoms with Gasteiger partial charge in [0.1, 0.15) is 0 Å². The number of hydrogen-bond donors (Lipinski definition) is 2. The van der Waals surface area contributed by atoms with E-state index in [2.05, 4.69) is 10.0 Å². The van der Waals surface area contributed by atoms with E-state index in [0.717, 1.165) is 51.0 Å². The number of hydrogen-bond acceptors (Lipinski definition) is 4. The molecule has 1 aromatic carbocycles. The van der Waals surface area contributed by atoms with Gasteiger partial charge >= 0.3 is 0 Å². The Morgan fingerprint density at radius 2 is 1.68 bits per heavy atom. The number of piperidine rings is 1. The normalized spacial score (nSPS) is 28.6. The van der Waals surface area contributed by atoms with Gasteiger partial charge < -0.3 is 10.2 Å². The molecule has 4 nitrogen and oxygen atoms in total. The molecule has 4 heteroatoms. The molecule has 2 fully saturated rings. The monoisotopic (exact) mass is 262 g/mol. The van der Waals surface area contributed by atoms with Gasteiger partial charge in [-0.1, -0.05) is 30.3 Å². The lowest BCUT2D eigenvalue weighted by molar-refractivity contribution is -0.0970. The van der Waals surface area contributed by atoms with Gasteiger partial charge in [0.25, 0.3) is 0 Å². The molecule has 104 valence electrons. The third-order valence-corrected chi connectivity index (χ3v) is 4.42. The Labute approximate surface area is 114 Å². The molecule has 3 rings (SSSR count). The third-order valence-electron chi connectivity index (χ3n) is 4.42. The summed E-state index contributed by atoms with van der Waals surface area (Å²) in [5.41, 5.74) is 0.340. The van der Waals surface area contributed by atoms with Crippen molar-refractivity contribution in [2.75, 3.05) is 26.2 Å². The fraction of sp³-hybridized carbons (Fsp3) is 0.600. The smallest absolute Gasteiger partial charge is 0.0922 e. The molecule has 19 heavy (non-hydrogen) atoms. The maximum absolute atomic E-state index is 10.8. The summed E-state index contributed by atoms with van der Waals surface area (Å²) in [7, 11) is 0. The summed E-state index contributed by atoms with van der Waals surface area (Å²) >= 11 is 0. The van der Waals surface area contributed by atoms with E-state index in [4.69, 9.17) is 0 Å². The highest BCUT2D eigenvalue weighted by Crippen LogP contribution is 2.33. The molecule has 1 atom stereocenters. The van der Waals surface area contributed by atoms with Crippen LogP contribution in [0.25, 0.3) is 0 Å². The van der Waals surface area contributed by atoms with Crippen LogP contribution in [0.3, 0.4) is 0 Å². The minimum atomic E-state index is -0.684. The van der Waals surface area contributed by atoms with E-state index in [1.165, 1.54) is 0 Å². The molecule has 2 heterocycles. The van der Waals surface area contributed by atoms with E-state index in [9.17, 15) is 10.2 Å². The van der Waals surface area contributed by atoms with Crippen molar-refractivity contribution in [1.29, 1.82) is 0 Å². The Hall–Kier alpha value is -0.940. The Balaban J connectivity index is 1.63. The van der Waals surface area contributed by atoms with Crippen LogP contribution in [0.15, 0.2) is 30.3 Å². The van der Waals surface area contributed by atoms with E-state index in [1.54, 1.807) is 0 Å². The summed E-state index contributed by atoms with van der Waals surface area (Å²) in [5.74, 6) is 0. The molecule has 0 saturated carbocycles. The highest BCUT2D eigenvalue weighted by molar-refractivity contribution is 5.22. The molecule has 0 aromatic heterocycles. The van der Waals surface area contributed by atoms with Gasteiger partial charge in [0.05, 0.1) is 11.7 Å². The van der Waals surface area contributed by atoms with Crippen LogP contribution in [-0.2, 0) is 5.60 Å². The molecule has 0 amide bonds. The molecule has 2 aliphatic heterocycles. The summed E-state index contributed by atoms with van der Waals surface area (Å²) in [6, 6.07) is 9.96. The first-order valence-electron chi connectivity index (χ1n) is 7.13. The fourth-order valence-corrected chi connectivity index (χ4v) is 3.17. The molecule has 1 aromatic rings. The summed E-state index contributed by atoms with van der Waals surface area (Å²) in [6.07, 6.45) is 2.18. The van der Waals surface area contributed by atoms with E-state index in [-0.39, 0.29) is 6.10 Å². The molecule has 0 bridgehead atoms. The zero-order valence-electron chi connectivity index (χ0n) is 11.2. The number of hydrazine groups is 1. The Morgan fingerprint density at radius 1 is 1.00 bits per heavy atom. The number of β-amino-alcohol motifs (C(OH)–C–C–N with tert-alkyl or cyclic N) is 1. The molecular weight excluding hydrogens is 240 g/mol. The molecule has 0 spiro atoms. The van der Waals surface area contributed by atoms with Gasteiger partial charge in [0.15, 0.2) is 0 Å². The summed E-state index contributed by atoms with van der Waals surface area (Å²) < 4.78 is 0. The van der Waals surface area contributed by atoms with Gasteiger partial charge in [-0.2, -0.15) is 0 Å². The predicted molar refractivity (Wildman–Crippen MR) is 73.3 cm³/mol. The average molecular weight is 262 g/mol. The minimum absolute atomic E-state index is 0.185. The van der Waals surface area contributed by atoms with E-state index in [1.807, 2.05) is 30.3 Å². The van der Waals surface area contributed by atoms with E-state index >= 15 is 0 Å². The number of benzene rings is 1. The zero-order valence-corrected chi connectivity index (χ0v) is 11.2. The van der Waals surface area contributed by atoms with Crippen molar-refractivity contribution in [3.63, 3.8) is 0 Å². The number of rotatable bonds is 2. The van der Waals surface area contributed by atoms with Crippen molar-refractivity contribution in [3.05, 3.63) is 35.9 Å². The number of aliphatic hydroxyl groups excluding tert-OH is 1. The van der Waals surface area contributed by atoms with Crippen molar-refractivity contribution in [3.8, 4) is 0 Å². The Morgan fingerprint density at radius 3 is 2.26 bits per heavy atom. The third kappa shape index (κ3) is 2.67. The quantitative estimate of drug-likeness (QED) is 0.833. The highest BCUT2D eigenvalue weighted by Gasteiger charge is 2.36. The molecule has 2 aliphatic rings. The molecular formula is C15H22N2O2. The van der Waals surface area contributed by atoms with Gasteiger partial charge in [-0.05, 0) is 24.8 Å². The zero-order chi connectivity index (χ0) is 13.3. The van der Waals surface area contributed by atoms with Gasteiger partial charge in [-0.3, -0.25) is 0 Å². The largest absolute Gasteiger partial charge is 0.392 e. The van der Waals surface area contributed by atoms with Crippen LogP contribution in [0.2, 0.25) is 0 Å². The molecule has 2 N–H and O–H groups in total. The molecule has 0 aliphatic carbocycles. The lowest BCUT2D eigenvalue weighted by Gasteiger charge is -2.42. The standard InChI is InChI=1S/C15H22N2O2/c18-14-6-9-17(12-14)16-10-7-15(19,8-11-16)13-4-2-1-3-5-13/h1-5,14,18-19H,6-12H2. The fourth-order valence-electron chi connectivity index (χ4n) is 3.17. The van der Waals surface area contributed by atoms with Crippen molar-refractivity contribution < 1.29 is 10.2 Å². The highest BCUT2D eigenvalue weighted by atomic mass is 16.3. The first-order valence-corrected chi connectivity index (χ1v) is 7.13. The number of nitrogens with zero attached hydrogens (tertiary/aromatic N) is 2. The van der Waals surface area contributed by atoms with Gasteiger partial charge in [0, 0.05) is 26.2 Å². The lowest BCUT2D eigenvalue weighted by atomic mass is 9.85. The second-order valence-electron chi connectivity index (χ2n) is 5.71. The minimum Gasteiger partial charge on any atom is -0.392 e. The van der Waals surface area contributed by atoms with Crippen LogP contribution in [0, 0.1) is 0 Å². The molecule has 1 unspecified atom stereocenters. The predicted octanol–water partition coefficient (Wildman–Crippen LogP) is 0.952. The van der Waals surface area contributed by atoms with Crippen molar-refractivity contribution >= 4 is 0 Å². The Bertz CT molecular complexity index is 415. The van der Waals surface area contributed by atoms with Gasteiger partial charge in [-0.25, -0.2) is 10.0 Å². The summed E-state index contributed by atoms with van der Waals surface area (Å²) in [4.78, 5) is 0. The molecule has 0 radical (unpaired) electrons. The molecule has 2 saturated heterocycles. The van der Waals surface area contributed by atoms with Crippen LogP contribution in [0.5, 0.6) is 0 Å². The SMILES string of the molecule is OC1CCN(N2CCC(O)(c3ccccc3)CC2)C1. The van der Waals surface area contributed by atoms with Crippen molar-refractivity contribution in [2.45, 2.75) is 31.0 Å². The van der Waals surface area contributed by atoms with Crippen molar-refractivity contribution in [2.24, 2.45) is 0 Å². The van der Waals surface area contributed by atoms with E-state index < -0.39 is 5.60 Å².